The highest BCUT2D eigenvalue weighted by Gasteiger charge is 2.27. The van der Waals surface area contributed by atoms with E-state index in [4.69, 9.17) is 4.74 Å². The van der Waals surface area contributed by atoms with Crippen LogP contribution in [0.4, 0.5) is 0 Å². The molecule has 1 atom stereocenters. The number of hydrogen-bond acceptors (Lipinski definition) is 3. The largest absolute Gasteiger partial charge is 0.375 e. The molecule has 24 heavy (non-hydrogen) atoms. The van der Waals surface area contributed by atoms with Crippen LogP contribution in [0.15, 0.2) is 10.9 Å². The summed E-state index contributed by atoms with van der Waals surface area (Å²) in [6.45, 7) is 9.82. The van der Waals surface area contributed by atoms with Gasteiger partial charge in [0.1, 0.15) is 5.56 Å². The minimum absolute atomic E-state index is 0.0797. The number of morpholine rings is 1. The first-order valence-corrected chi connectivity index (χ1v) is 8.89. The number of pyridine rings is 1. The van der Waals surface area contributed by atoms with E-state index in [9.17, 15) is 9.59 Å². The number of hydrogen-bond donors (Lipinski definition) is 0. The summed E-state index contributed by atoms with van der Waals surface area (Å²) in [4.78, 5) is 27.2. The van der Waals surface area contributed by atoms with Crippen molar-refractivity contribution in [3.63, 3.8) is 0 Å². The Morgan fingerprint density at radius 2 is 2.08 bits per heavy atom. The number of aryl methyl sites for hydroxylation is 2. The Balaban J connectivity index is 2.10. The van der Waals surface area contributed by atoms with Crippen LogP contribution in [-0.4, -0.2) is 41.2 Å². The smallest absolute Gasteiger partial charge is 0.263 e. The zero-order valence-electron chi connectivity index (χ0n) is 15.6. The number of carbonyl (C=O) groups is 1. The molecule has 1 fully saturated rings. The van der Waals surface area contributed by atoms with Crippen molar-refractivity contribution >= 4 is 5.91 Å². The molecule has 5 nitrogen and oxygen atoms in total. The molecule has 0 spiro atoms. The van der Waals surface area contributed by atoms with Crippen LogP contribution in [0.5, 0.6) is 0 Å². The van der Waals surface area contributed by atoms with E-state index in [1.54, 1.807) is 16.5 Å². The van der Waals surface area contributed by atoms with E-state index in [2.05, 4.69) is 13.8 Å². The van der Waals surface area contributed by atoms with E-state index in [-0.39, 0.29) is 17.6 Å². The highest BCUT2D eigenvalue weighted by Crippen LogP contribution is 2.17. The zero-order valence-corrected chi connectivity index (χ0v) is 15.6. The quantitative estimate of drug-likeness (QED) is 0.832. The zero-order chi connectivity index (χ0) is 17.9. The van der Waals surface area contributed by atoms with Gasteiger partial charge in [0.05, 0.1) is 12.7 Å². The third-order valence-corrected chi connectivity index (χ3v) is 4.81. The minimum Gasteiger partial charge on any atom is -0.375 e. The minimum atomic E-state index is -0.208. The van der Waals surface area contributed by atoms with Gasteiger partial charge in [-0.25, -0.2) is 0 Å². The van der Waals surface area contributed by atoms with E-state index >= 15 is 0 Å². The molecular formula is C19H30N2O3. The van der Waals surface area contributed by atoms with Crippen molar-refractivity contribution < 1.29 is 9.53 Å². The number of rotatable bonds is 5. The monoisotopic (exact) mass is 334 g/mol. The van der Waals surface area contributed by atoms with E-state index < -0.39 is 0 Å². The Hall–Kier alpha value is -1.62. The van der Waals surface area contributed by atoms with E-state index in [1.165, 1.54) is 6.42 Å². The first-order chi connectivity index (χ1) is 11.3. The van der Waals surface area contributed by atoms with Gasteiger partial charge in [0.25, 0.3) is 11.5 Å². The van der Waals surface area contributed by atoms with Crippen molar-refractivity contribution in [3.8, 4) is 0 Å². The molecule has 134 valence electrons. The third kappa shape index (κ3) is 4.26. The maximum atomic E-state index is 12.9. The van der Waals surface area contributed by atoms with Gasteiger partial charge in [-0.1, -0.05) is 26.7 Å². The second-order valence-corrected chi connectivity index (χ2v) is 7.28. The van der Waals surface area contributed by atoms with Crippen molar-refractivity contribution in [2.24, 2.45) is 13.0 Å². The van der Waals surface area contributed by atoms with E-state index in [0.717, 1.165) is 24.1 Å². The number of nitrogens with zero attached hydrogens (tertiary/aromatic N) is 2. The molecule has 0 unspecified atom stereocenters. The normalized spacial score (nSPS) is 18.2. The second-order valence-electron chi connectivity index (χ2n) is 7.28. The summed E-state index contributed by atoms with van der Waals surface area (Å²) in [5, 5.41) is 0. The fourth-order valence-corrected chi connectivity index (χ4v) is 3.23. The second kappa shape index (κ2) is 7.97. The van der Waals surface area contributed by atoms with Crippen molar-refractivity contribution in [2.45, 2.75) is 53.1 Å². The molecular weight excluding hydrogens is 304 g/mol. The molecule has 1 aromatic rings. The highest BCUT2D eigenvalue weighted by molar-refractivity contribution is 5.95. The van der Waals surface area contributed by atoms with Gasteiger partial charge in [0.2, 0.25) is 0 Å². The summed E-state index contributed by atoms with van der Waals surface area (Å²) < 4.78 is 7.34. The van der Waals surface area contributed by atoms with E-state index in [1.807, 2.05) is 19.9 Å². The molecule has 1 amide bonds. The van der Waals surface area contributed by atoms with Crippen molar-refractivity contribution in [3.05, 3.63) is 33.2 Å². The van der Waals surface area contributed by atoms with Crippen LogP contribution in [0.1, 0.15) is 54.7 Å². The van der Waals surface area contributed by atoms with Crippen molar-refractivity contribution in [2.75, 3.05) is 19.7 Å². The summed E-state index contributed by atoms with van der Waals surface area (Å²) in [7, 11) is 1.71. The predicted molar refractivity (Wildman–Crippen MR) is 95.5 cm³/mol. The Kier molecular flexibility index (Phi) is 6.21. The first-order valence-electron chi connectivity index (χ1n) is 8.89. The van der Waals surface area contributed by atoms with Crippen molar-refractivity contribution in [1.29, 1.82) is 0 Å². The number of ether oxygens (including phenoxy) is 1. The Labute approximate surface area is 144 Å². The summed E-state index contributed by atoms with van der Waals surface area (Å²) in [5.41, 5.74) is 1.71. The van der Waals surface area contributed by atoms with Gasteiger partial charge in [0.15, 0.2) is 0 Å². The van der Waals surface area contributed by atoms with Crippen LogP contribution >= 0.6 is 0 Å². The van der Waals surface area contributed by atoms with Gasteiger partial charge >= 0.3 is 0 Å². The molecule has 2 rings (SSSR count). The van der Waals surface area contributed by atoms with Crippen LogP contribution < -0.4 is 5.56 Å². The molecule has 5 heteroatoms. The fourth-order valence-electron chi connectivity index (χ4n) is 3.23. The van der Waals surface area contributed by atoms with Gasteiger partial charge in [0, 0.05) is 25.8 Å². The standard InChI is InChI=1S/C19H30N2O3/c1-13(2)7-6-8-16-12-21(9-10-24-16)19(23)17-14(3)11-15(4)20(5)18(17)22/h11,13,16H,6-10,12H2,1-5H3/t16-/m0/s1. The Bertz CT molecular complexity index is 649. The molecule has 1 aromatic heterocycles. The molecule has 0 N–H and O–H groups in total. The van der Waals surface area contributed by atoms with Crippen molar-refractivity contribution in [1.82, 2.24) is 9.47 Å². The van der Waals surface area contributed by atoms with Crippen LogP contribution in [0, 0.1) is 19.8 Å². The molecule has 1 saturated heterocycles. The lowest BCUT2D eigenvalue weighted by molar-refractivity contribution is -0.0261. The van der Waals surface area contributed by atoms with Crippen LogP contribution in [-0.2, 0) is 11.8 Å². The molecule has 1 aliphatic heterocycles. The molecule has 1 aliphatic rings. The van der Waals surface area contributed by atoms with Gasteiger partial charge in [-0.05, 0) is 37.8 Å². The lowest BCUT2D eigenvalue weighted by Crippen LogP contribution is -2.47. The van der Waals surface area contributed by atoms with E-state index in [0.29, 0.717) is 31.2 Å². The predicted octanol–water partition coefficient (Wildman–Crippen LogP) is 2.67. The Morgan fingerprint density at radius 1 is 1.38 bits per heavy atom. The number of carbonyl (C=O) groups excluding carboxylic acids is 1. The lowest BCUT2D eigenvalue weighted by Gasteiger charge is -2.33. The maximum absolute atomic E-state index is 12.9. The van der Waals surface area contributed by atoms with Gasteiger partial charge < -0.3 is 14.2 Å². The molecule has 2 heterocycles. The lowest BCUT2D eigenvalue weighted by atomic mass is 10.0. The number of amides is 1. The van der Waals surface area contributed by atoms with Gasteiger partial charge in [-0.15, -0.1) is 0 Å². The molecule has 0 aliphatic carbocycles. The summed E-state index contributed by atoms with van der Waals surface area (Å²) in [6, 6.07) is 1.90. The Morgan fingerprint density at radius 3 is 2.75 bits per heavy atom. The fraction of sp³-hybridized carbons (Fsp3) is 0.684. The summed E-state index contributed by atoms with van der Waals surface area (Å²) in [5.74, 6) is 0.523. The average Bonchev–Trinajstić information content (AvgIpc) is 2.52. The molecule has 0 saturated carbocycles. The first kappa shape index (κ1) is 18.7. The average molecular weight is 334 g/mol. The summed E-state index contributed by atoms with van der Waals surface area (Å²) in [6.07, 6.45) is 3.32. The topological polar surface area (TPSA) is 51.5 Å². The van der Waals surface area contributed by atoms with Gasteiger partial charge in [-0.3, -0.25) is 9.59 Å². The van der Waals surface area contributed by atoms with Crippen LogP contribution in [0.2, 0.25) is 0 Å². The molecule has 0 radical (unpaired) electrons. The third-order valence-electron chi connectivity index (χ3n) is 4.81. The molecule has 0 bridgehead atoms. The van der Waals surface area contributed by atoms with Crippen LogP contribution in [0.25, 0.3) is 0 Å². The summed E-state index contributed by atoms with van der Waals surface area (Å²) >= 11 is 0. The highest BCUT2D eigenvalue weighted by atomic mass is 16.5. The SMILES string of the molecule is Cc1cc(C)n(C)c(=O)c1C(=O)N1CCO[C@@H](CCCC(C)C)C1. The molecule has 0 aromatic carbocycles. The van der Waals surface area contributed by atoms with Crippen LogP contribution in [0.3, 0.4) is 0 Å². The number of aromatic nitrogens is 1. The maximum Gasteiger partial charge on any atom is 0.263 e. The van der Waals surface area contributed by atoms with Gasteiger partial charge in [-0.2, -0.15) is 0 Å².